The van der Waals surface area contributed by atoms with Crippen molar-refractivity contribution in [3.05, 3.63) is 47.4 Å². The summed E-state index contributed by atoms with van der Waals surface area (Å²) in [6.45, 7) is 13.6. The Labute approximate surface area is 129 Å². The molecule has 1 aromatic carbocycles. The van der Waals surface area contributed by atoms with Gasteiger partial charge >= 0.3 is 5.97 Å². The number of ether oxygens (including phenoxy) is 1. The fourth-order valence-electron chi connectivity index (χ4n) is 2.46. The molecule has 0 radical (unpaired) electrons. The van der Waals surface area contributed by atoms with E-state index >= 15 is 0 Å². The zero-order valence-electron chi connectivity index (χ0n) is 13.9. The highest BCUT2D eigenvalue weighted by Crippen LogP contribution is 2.43. The fraction of sp³-hybridized carbons (Fsp3) is 0.500. The van der Waals surface area contributed by atoms with Crippen LogP contribution >= 0.6 is 0 Å². The quantitative estimate of drug-likeness (QED) is 0.574. The number of rotatable bonds is 2. The molecule has 0 saturated carbocycles. The van der Waals surface area contributed by atoms with Crippen LogP contribution in [-0.2, 0) is 9.53 Å². The van der Waals surface area contributed by atoms with Gasteiger partial charge in [-0.1, -0.05) is 76.8 Å². The van der Waals surface area contributed by atoms with E-state index in [2.05, 4.69) is 46.5 Å². The molecule has 0 amide bonds. The average molecular weight is 302 g/mol. The SMILES string of the molecule is C[C@H]1/C(=C/[Si](C)(C)C(C)(C)C)OC(=O)[C@H]1c1ccccc1. The molecule has 114 valence electrons. The van der Waals surface area contributed by atoms with Gasteiger partial charge in [0, 0.05) is 5.92 Å². The molecule has 3 heteroatoms. The summed E-state index contributed by atoms with van der Waals surface area (Å²) in [6.07, 6.45) is 0. The summed E-state index contributed by atoms with van der Waals surface area (Å²) in [6, 6.07) is 9.95. The minimum absolute atomic E-state index is 0.112. The third kappa shape index (κ3) is 3.13. The Bertz CT molecular complexity index is 552. The molecule has 1 heterocycles. The van der Waals surface area contributed by atoms with Crippen molar-refractivity contribution in [3.63, 3.8) is 0 Å². The highest BCUT2D eigenvalue weighted by Gasteiger charge is 2.42. The van der Waals surface area contributed by atoms with Gasteiger partial charge in [-0.05, 0) is 10.6 Å². The van der Waals surface area contributed by atoms with Crippen molar-refractivity contribution in [2.75, 3.05) is 0 Å². The van der Waals surface area contributed by atoms with Crippen molar-refractivity contribution in [1.82, 2.24) is 0 Å². The molecule has 1 aromatic rings. The van der Waals surface area contributed by atoms with E-state index < -0.39 is 8.07 Å². The van der Waals surface area contributed by atoms with Gasteiger partial charge in [-0.15, -0.1) is 0 Å². The average Bonchev–Trinajstić information content (AvgIpc) is 2.63. The zero-order valence-corrected chi connectivity index (χ0v) is 14.9. The lowest BCUT2D eigenvalue weighted by molar-refractivity contribution is -0.136. The maximum Gasteiger partial charge on any atom is 0.319 e. The topological polar surface area (TPSA) is 26.3 Å². The third-order valence-corrected chi connectivity index (χ3v) is 9.89. The Morgan fingerprint density at radius 3 is 2.24 bits per heavy atom. The monoisotopic (exact) mass is 302 g/mol. The zero-order chi connectivity index (χ0) is 15.8. The lowest BCUT2D eigenvalue weighted by Gasteiger charge is -2.34. The Balaban J connectivity index is 2.33. The van der Waals surface area contributed by atoms with Gasteiger partial charge < -0.3 is 4.74 Å². The van der Waals surface area contributed by atoms with Gasteiger partial charge in [0.1, 0.15) is 5.76 Å². The van der Waals surface area contributed by atoms with Gasteiger partial charge in [0.25, 0.3) is 0 Å². The summed E-state index contributed by atoms with van der Waals surface area (Å²) in [5, 5.41) is 0.247. The van der Waals surface area contributed by atoms with E-state index in [1.807, 2.05) is 30.3 Å². The smallest absolute Gasteiger partial charge is 0.319 e. The van der Waals surface area contributed by atoms with Crippen molar-refractivity contribution in [3.8, 4) is 0 Å². The molecular formula is C18H26O2Si. The predicted molar refractivity (Wildman–Crippen MR) is 89.7 cm³/mol. The molecule has 2 nitrogen and oxygen atoms in total. The van der Waals surface area contributed by atoms with E-state index in [1.54, 1.807) is 0 Å². The van der Waals surface area contributed by atoms with Crippen LogP contribution in [0.2, 0.25) is 18.1 Å². The second-order valence-electron chi connectivity index (χ2n) is 7.62. The number of hydrogen-bond acceptors (Lipinski definition) is 2. The van der Waals surface area contributed by atoms with Crippen LogP contribution in [0.15, 0.2) is 41.8 Å². The number of benzene rings is 1. The van der Waals surface area contributed by atoms with Crippen LogP contribution in [0, 0.1) is 5.92 Å². The Morgan fingerprint density at radius 1 is 1.14 bits per heavy atom. The van der Waals surface area contributed by atoms with Gasteiger partial charge in [0.15, 0.2) is 0 Å². The molecule has 0 unspecified atom stereocenters. The lowest BCUT2D eigenvalue weighted by Crippen LogP contribution is -2.35. The molecule has 2 atom stereocenters. The van der Waals surface area contributed by atoms with Crippen molar-refractivity contribution >= 4 is 14.0 Å². The maximum absolute atomic E-state index is 12.3. The van der Waals surface area contributed by atoms with Gasteiger partial charge in [0.2, 0.25) is 0 Å². The molecular weight excluding hydrogens is 276 g/mol. The lowest BCUT2D eigenvalue weighted by atomic mass is 9.89. The van der Waals surface area contributed by atoms with E-state index in [9.17, 15) is 4.79 Å². The minimum atomic E-state index is -1.61. The maximum atomic E-state index is 12.3. The number of cyclic esters (lactones) is 1. The molecule has 0 aromatic heterocycles. The molecule has 1 aliphatic heterocycles. The summed E-state index contributed by atoms with van der Waals surface area (Å²) in [4.78, 5) is 12.3. The van der Waals surface area contributed by atoms with E-state index in [0.717, 1.165) is 11.3 Å². The minimum Gasteiger partial charge on any atom is -0.431 e. The van der Waals surface area contributed by atoms with E-state index in [-0.39, 0.29) is 22.8 Å². The van der Waals surface area contributed by atoms with E-state index in [4.69, 9.17) is 4.74 Å². The van der Waals surface area contributed by atoms with Crippen molar-refractivity contribution in [2.45, 2.75) is 51.7 Å². The normalized spacial score (nSPS) is 25.2. The number of allylic oxidation sites excluding steroid dienone is 1. The van der Waals surface area contributed by atoms with Gasteiger partial charge in [0.05, 0.1) is 14.0 Å². The second kappa shape index (κ2) is 5.45. The number of carbonyl (C=O) groups is 1. The standard InChI is InChI=1S/C18H26O2Si/c1-13-15(12-21(5,6)18(2,3)4)20-17(19)16(13)14-10-8-7-9-11-14/h7-13,16H,1-6H3/b15-12-/t13-,16+/m0/s1. The van der Waals surface area contributed by atoms with Crippen molar-refractivity contribution in [1.29, 1.82) is 0 Å². The van der Waals surface area contributed by atoms with Crippen LogP contribution in [0.3, 0.4) is 0 Å². The molecule has 1 aliphatic rings. The Hall–Kier alpha value is -1.35. The van der Waals surface area contributed by atoms with Crippen LogP contribution in [0.5, 0.6) is 0 Å². The summed E-state index contributed by atoms with van der Waals surface area (Å²) in [5.41, 5.74) is 3.33. The molecule has 1 saturated heterocycles. The number of hydrogen-bond donors (Lipinski definition) is 0. The summed E-state index contributed by atoms with van der Waals surface area (Å²) < 4.78 is 5.63. The fourth-order valence-corrected chi connectivity index (χ4v) is 3.93. The predicted octanol–water partition coefficient (Wildman–Crippen LogP) is 4.89. The molecule has 21 heavy (non-hydrogen) atoms. The highest BCUT2D eigenvalue weighted by atomic mass is 28.3. The second-order valence-corrected chi connectivity index (χ2v) is 12.8. The highest BCUT2D eigenvalue weighted by molar-refractivity contribution is 6.84. The Morgan fingerprint density at radius 2 is 1.71 bits per heavy atom. The van der Waals surface area contributed by atoms with Crippen LogP contribution in [-0.4, -0.2) is 14.0 Å². The molecule has 0 bridgehead atoms. The third-order valence-electron chi connectivity index (χ3n) is 5.02. The van der Waals surface area contributed by atoms with Crippen LogP contribution in [0.25, 0.3) is 0 Å². The van der Waals surface area contributed by atoms with Gasteiger partial charge in [-0.2, -0.15) is 0 Å². The number of carbonyl (C=O) groups excluding carboxylic acids is 1. The molecule has 0 aliphatic carbocycles. The van der Waals surface area contributed by atoms with Crippen molar-refractivity contribution < 1.29 is 9.53 Å². The first kappa shape index (κ1) is 16.0. The van der Waals surface area contributed by atoms with Gasteiger partial charge in [-0.3, -0.25) is 4.79 Å². The Kier molecular flexibility index (Phi) is 4.16. The first-order chi connectivity index (χ1) is 9.63. The van der Waals surface area contributed by atoms with Crippen LogP contribution in [0.4, 0.5) is 0 Å². The first-order valence-electron chi connectivity index (χ1n) is 7.63. The largest absolute Gasteiger partial charge is 0.431 e. The summed E-state index contributed by atoms with van der Waals surface area (Å²) in [7, 11) is -1.61. The van der Waals surface area contributed by atoms with Gasteiger partial charge in [-0.25, -0.2) is 0 Å². The van der Waals surface area contributed by atoms with Crippen molar-refractivity contribution in [2.24, 2.45) is 5.92 Å². The summed E-state index contributed by atoms with van der Waals surface area (Å²) >= 11 is 0. The summed E-state index contributed by atoms with van der Waals surface area (Å²) in [5.74, 6) is 0.718. The molecule has 0 N–H and O–H groups in total. The molecule has 2 rings (SSSR count). The van der Waals surface area contributed by atoms with E-state index in [1.165, 1.54) is 0 Å². The van der Waals surface area contributed by atoms with Crippen LogP contribution in [0.1, 0.15) is 39.2 Å². The molecule has 1 fully saturated rings. The number of esters is 1. The molecule has 0 spiro atoms. The van der Waals surface area contributed by atoms with Crippen LogP contribution < -0.4 is 0 Å². The first-order valence-corrected chi connectivity index (χ1v) is 10.7. The van der Waals surface area contributed by atoms with E-state index in [0.29, 0.717) is 0 Å².